The Hall–Kier alpha value is -0.920. The first-order valence-electron chi connectivity index (χ1n) is 7.26. The standard InChI is InChI=1S/C13H22N4O2S/c1-9-5-6-17(8-9)20(18,19)13-10(2)15-16-12(13)7-14-11-3-4-11/h9,11,14H,3-8H2,1-2H3,(H,15,16). The van der Waals surface area contributed by atoms with Crippen molar-refractivity contribution in [3.8, 4) is 0 Å². The van der Waals surface area contributed by atoms with Gasteiger partial charge in [-0.05, 0) is 32.1 Å². The van der Waals surface area contributed by atoms with Gasteiger partial charge in [-0.25, -0.2) is 8.42 Å². The molecule has 0 aromatic carbocycles. The van der Waals surface area contributed by atoms with Crippen LogP contribution in [-0.2, 0) is 16.6 Å². The lowest BCUT2D eigenvalue weighted by Gasteiger charge is -2.16. The third-order valence-corrected chi connectivity index (χ3v) is 6.15. The van der Waals surface area contributed by atoms with Crippen LogP contribution in [0.5, 0.6) is 0 Å². The van der Waals surface area contributed by atoms with Crippen molar-refractivity contribution in [2.24, 2.45) is 5.92 Å². The number of aromatic nitrogens is 2. The van der Waals surface area contributed by atoms with Crippen LogP contribution in [0.2, 0.25) is 0 Å². The van der Waals surface area contributed by atoms with E-state index in [-0.39, 0.29) is 0 Å². The van der Waals surface area contributed by atoms with E-state index in [0.29, 0.717) is 47.9 Å². The van der Waals surface area contributed by atoms with Crippen LogP contribution in [0, 0.1) is 12.8 Å². The van der Waals surface area contributed by atoms with Crippen molar-refractivity contribution in [2.75, 3.05) is 13.1 Å². The van der Waals surface area contributed by atoms with E-state index in [9.17, 15) is 8.42 Å². The molecule has 2 N–H and O–H groups in total. The summed E-state index contributed by atoms with van der Waals surface area (Å²) in [7, 11) is -3.42. The van der Waals surface area contributed by atoms with Gasteiger partial charge in [0.05, 0.1) is 11.4 Å². The number of nitrogens with zero attached hydrogens (tertiary/aromatic N) is 2. The molecule has 3 rings (SSSR count). The van der Waals surface area contributed by atoms with E-state index in [1.807, 2.05) is 0 Å². The Balaban J connectivity index is 1.85. The van der Waals surface area contributed by atoms with Crippen LogP contribution >= 0.6 is 0 Å². The molecule has 1 saturated heterocycles. The summed E-state index contributed by atoms with van der Waals surface area (Å²) in [6.07, 6.45) is 3.29. The average molecular weight is 298 g/mol. The number of hydrogen-bond acceptors (Lipinski definition) is 4. The minimum absolute atomic E-state index is 0.375. The summed E-state index contributed by atoms with van der Waals surface area (Å²) >= 11 is 0. The normalized spacial score (nSPS) is 24.4. The topological polar surface area (TPSA) is 78.1 Å². The second-order valence-electron chi connectivity index (χ2n) is 6.04. The fourth-order valence-corrected chi connectivity index (χ4v) is 4.60. The van der Waals surface area contributed by atoms with E-state index in [2.05, 4.69) is 22.4 Å². The quantitative estimate of drug-likeness (QED) is 0.850. The van der Waals surface area contributed by atoms with Gasteiger partial charge < -0.3 is 5.32 Å². The van der Waals surface area contributed by atoms with E-state index in [4.69, 9.17) is 0 Å². The third-order valence-electron chi connectivity index (χ3n) is 4.08. The summed E-state index contributed by atoms with van der Waals surface area (Å²) in [6.45, 7) is 5.62. The van der Waals surface area contributed by atoms with E-state index in [1.165, 1.54) is 12.8 Å². The highest BCUT2D eigenvalue weighted by Gasteiger charge is 2.35. The van der Waals surface area contributed by atoms with Crippen LogP contribution in [-0.4, -0.2) is 42.1 Å². The fraction of sp³-hybridized carbons (Fsp3) is 0.769. The predicted octanol–water partition coefficient (Wildman–Crippen LogP) is 1.00. The maximum atomic E-state index is 12.8. The Morgan fingerprint density at radius 3 is 2.75 bits per heavy atom. The number of hydrogen-bond donors (Lipinski definition) is 2. The minimum atomic E-state index is -3.42. The number of H-pyrrole nitrogens is 1. The SMILES string of the molecule is Cc1[nH]nc(CNC2CC2)c1S(=O)(=O)N1CCC(C)C1. The smallest absolute Gasteiger partial charge is 0.246 e. The first kappa shape index (κ1) is 14.0. The molecule has 0 bridgehead atoms. The molecule has 1 aromatic rings. The van der Waals surface area contributed by atoms with Crippen molar-refractivity contribution in [2.45, 2.75) is 50.6 Å². The largest absolute Gasteiger partial charge is 0.308 e. The van der Waals surface area contributed by atoms with Gasteiger partial charge in [-0.1, -0.05) is 6.92 Å². The maximum absolute atomic E-state index is 12.8. The van der Waals surface area contributed by atoms with Gasteiger partial charge in [-0.2, -0.15) is 9.40 Å². The summed E-state index contributed by atoms with van der Waals surface area (Å²) in [5, 5.41) is 10.3. The lowest BCUT2D eigenvalue weighted by atomic mass is 10.2. The molecule has 6 nitrogen and oxygen atoms in total. The summed E-state index contributed by atoms with van der Waals surface area (Å²) in [5.41, 5.74) is 1.26. The molecule has 2 fully saturated rings. The lowest BCUT2D eigenvalue weighted by molar-refractivity contribution is 0.462. The van der Waals surface area contributed by atoms with Crippen LogP contribution in [0.1, 0.15) is 37.6 Å². The molecule has 2 heterocycles. The van der Waals surface area contributed by atoms with E-state index >= 15 is 0 Å². The average Bonchev–Trinajstić information content (AvgIpc) is 2.99. The van der Waals surface area contributed by atoms with E-state index < -0.39 is 10.0 Å². The van der Waals surface area contributed by atoms with Crippen LogP contribution in [0.4, 0.5) is 0 Å². The number of aromatic amines is 1. The Bertz CT molecular complexity index is 592. The van der Waals surface area contributed by atoms with Crippen LogP contribution < -0.4 is 5.32 Å². The number of sulfonamides is 1. The van der Waals surface area contributed by atoms with Gasteiger partial charge in [0.15, 0.2) is 0 Å². The van der Waals surface area contributed by atoms with Crippen molar-refractivity contribution in [3.63, 3.8) is 0 Å². The monoisotopic (exact) mass is 298 g/mol. The predicted molar refractivity (Wildman–Crippen MR) is 75.7 cm³/mol. The van der Waals surface area contributed by atoms with Crippen molar-refractivity contribution >= 4 is 10.0 Å². The molecule has 1 aliphatic heterocycles. The zero-order valence-corrected chi connectivity index (χ0v) is 12.8. The summed E-state index contributed by atoms with van der Waals surface area (Å²) in [6, 6.07) is 0.536. The van der Waals surface area contributed by atoms with Crippen LogP contribution in [0.3, 0.4) is 0 Å². The summed E-state index contributed by atoms with van der Waals surface area (Å²) in [5.74, 6) is 0.435. The third kappa shape index (κ3) is 2.62. The molecule has 7 heteroatoms. The van der Waals surface area contributed by atoms with E-state index in [1.54, 1.807) is 11.2 Å². The molecule has 0 radical (unpaired) electrons. The zero-order chi connectivity index (χ0) is 14.3. The molecule has 1 saturated carbocycles. The highest BCUT2D eigenvalue weighted by Crippen LogP contribution is 2.28. The van der Waals surface area contributed by atoms with Gasteiger partial charge in [-0.15, -0.1) is 0 Å². The molecule has 1 atom stereocenters. The highest BCUT2D eigenvalue weighted by atomic mass is 32.2. The second kappa shape index (κ2) is 5.13. The number of aryl methyl sites for hydroxylation is 1. The van der Waals surface area contributed by atoms with Gasteiger partial charge in [0, 0.05) is 25.7 Å². The van der Waals surface area contributed by atoms with Gasteiger partial charge in [0.25, 0.3) is 0 Å². The number of nitrogens with one attached hydrogen (secondary N) is 2. The second-order valence-corrected chi connectivity index (χ2v) is 7.91. The fourth-order valence-electron chi connectivity index (χ4n) is 2.70. The molecular weight excluding hydrogens is 276 g/mol. The Morgan fingerprint density at radius 2 is 2.15 bits per heavy atom. The Labute approximate surface area is 120 Å². The van der Waals surface area contributed by atoms with Crippen molar-refractivity contribution in [1.29, 1.82) is 0 Å². The molecule has 20 heavy (non-hydrogen) atoms. The van der Waals surface area contributed by atoms with Crippen LogP contribution in [0.25, 0.3) is 0 Å². The summed E-state index contributed by atoms with van der Waals surface area (Å²) in [4.78, 5) is 0.375. The van der Waals surface area contributed by atoms with Gasteiger partial charge in [-0.3, -0.25) is 5.10 Å². The van der Waals surface area contributed by atoms with Crippen molar-refractivity contribution < 1.29 is 8.42 Å². The summed E-state index contributed by atoms with van der Waals surface area (Å²) < 4.78 is 27.2. The first-order valence-corrected chi connectivity index (χ1v) is 8.70. The zero-order valence-electron chi connectivity index (χ0n) is 12.0. The van der Waals surface area contributed by atoms with Gasteiger partial charge in [0.1, 0.15) is 4.90 Å². The molecule has 2 aliphatic rings. The van der Waals surface area contributed by atoms with Crippen molar-refractivity contribution in [3.05, 3.63) is 11.4 Å². The molecule has 1 aliphatic carbocycles. The van der Waals surface area contributed by atoms with E-state index in [0.717, 1.165) is 6.42 Å². The van der Waals surface area contributed by atoms with Gasteiger partial charge in [0.2, 0.25) is 10.0 Å². The lowest BCUT2D eigenvalue weighted by Crippen LogP contribution is -2.30. The molecule has 1 unspecified atom stereocenters. The first-order chi connectivity index (χ1) is 9.48. The molecule has 0 amide bonds. The van der Waals surface area contributed by atoms with Gasteiger partial charge >= 0.3 is 0 Å². The van der Waals surface area contributed by atoms with Crippen molar-refractivity contribution in [1.82, 2.24) is 19.8 Å². The highest BCUT2D eigenvalue weighted by molar-refractivity contribution is 7.89. The maximum Gasteiger partial charge on any atom is 0.246 e. The molecule has 112 valence electrons. The molecule has 1 aromatic heterocycles. The molecule has 0 spiro atoms. The minimum Gasteiger partial charge on any atom is -0.308 e. The Morgan fingerprint density at radius 1 is 1.40 bits per heavy atom. The number of rotatable bonds is 5. The Kier molecular flexibility index (Phi) is 3.60. The van der Waals surface area contributed by atoms with Crippen LogP contribution in [0.15, 0.2) is 4.90 Å². The molecular formula is C13H22N4O2S.